The Morgan fingerprint density at radius 1 is 1.21 bits per heavy atom. The number of nitrogens with one attached hydrogen (secondary N) is 2. The summed E-state index contributed by atoms with van der Waals surface area (Å²) >= 11 is 0. The zero-order valence-electron chi connectivity index (χ0n) is 19.4. The van der Waals surface area contributed by atoms with Gasteiger partial charge in [-0.05, 0) is 50.1 Å². The van der Waals surface area contributed by atoms with Crippen LogP contribution in [-0.2, 0) is 0 Å². The average Bonchev–Trinajstić information content (AvgIpc) is 3.21. The summed E-state index contributed by atoms with van der Waals surface area (Å²) in [7, 11) is 0. The summed E-state index contributed by atoms with van der Waals surface area (Å²) in [5.41, 5.74) is 3.93. The van der Waals surface area contributed by atoms with Gasteiger partial charge in [-0.2, -0.15) is 5.10 Å². The highest BCUT2D eigenvalue weighted by Crippen LogP contribution is 2.32. The van der Waals surface area contributed by atoms with Crippen LogP contribution in [0.3, 0.4) is 0 Å². The number of aromatic nitrogens is 2. The molecule has 7 heteroatoms. The molecule has 174 valence electrons. The van der Waals surface area contributed by atoms with Gasteiger partial charge < -0.3 is 15.2 Å². The number of H-pyrrole nitrogens is 1. The van der Waals surface area contributed by atoms with E-state index in [2.05, 4.69) is 29.0 Å². The van der Waals surface area contributed by atoms with Crippen molar-refractivity contribution in [2.45, 2.75) is 46.1 Å². The Morgan fingerprint density at radius 3 is 2.64 bits per heavy atom. The quantitative estimate of drug-likeness (QED) is 0.235. The van der Waals surface area contributed by atoms with Gasteiger partial charge in [0.1, 0.15) is 17.7 Å². The van der Waals surface area contributed by atoms with E-state index in [1.807, 2.05) is 31.2 Å². The lowest BCUT2D eigenvalue weighted by molar-refractivity contribution is 0.246. The summed E-state index contributed by atoms with van der Waals surface area (Å²) in [6, 6.07) is 13.2. The van der Waals surface area contributed by atoms with Gasteiger partial charge in [0.05, 0.1) is 12.3 Å². The van der Waals surface area contributed by atoms with Gasteiger partial charge in [0.25, 0.3) is 0 Å². The number of anilines is 1. The largest absolute Gasteiger partial charge is 0.494 e. The van der Waals surface area contributed by atoms with Gasteiger partial charge in [0.2, 0.25) is 0 Å². The van der Waals surface area contributed by atoms with Crippen LogP contribution in [-0.4, -0.2) is 27.6 Å². The Bertz CT molecular complexity index is 1110. The van der Waals surface area contributed by atoms with Gasteiger partial charge in [-0.15, -0.1) is 0 Å². The number of rotatable bonds is 11. The van der Waals surface area contributed by atoms with E-state index in [-0.39, 0.29) is 5.82 Å². The van der Waals surface area contributed by atoms with E-state index < -0.39 is 6.10 Å². The summed E-state index contributed by atoms with van der Waals surface area (Å²) in [4.78, 5) is 4.69. The van der Waals surface area contributed by atoms with Crippen molar-refractivity contribution in [3.63, 3.8) is 0 Å². The first kappa shape index (κ1) is 24.2. The van der Waals surface area contributed by atoms with E-state index in [1.165, 1.54) is 12.1 Å². The molecule has 1 heterocycles. The molecule has 33 heavy (non-hydrogen) atoms. The minimum absolute atomic E-state index is 0.355. The smallest absolute Gasteiger partial charge is 0.152 e. The predicted molar refractivity (Wildman–Crippen MR) is 132 cm³/mol. The molecule has 3 N–H and O–H groups in total. The summed E-state index contributed by atoms with van der Waals surface area (Å²) in [6.45, 7) is 10.6. The number of halogens is 1. The summed E-state index contributed by atoms with van der Waals surface area (Å²) in [5.74, 6) is 0.989. The number of unbranched alkanes of at least 4 members (excludes halogenated alkanes) is 2. The molecule has 0 spiro atoms. The van der Waals surface area contributed by atoms with Crippen molar-refractivity contribution in [3.8, 4) is 5.75 Å². The number of nitrogens with zero attached hydrogens (tertiary/aromatic N) is 2. The molecule has 0 bridgehead atoms. The molecule has 0 saturated heterocycles. The molecule has 0 aliphatic rings. The van der Waals surface area contributed by atoms with Crippen molar-refractivity contribution in [1.29, 1.82) is 0 Å². The first-order valence-electron chi connectivity index (χ1n) is 11.1. The Kier molecular flexibility index (Phi) is 8.38. The monoisotopic (exact) mass is 450 g/mol. The van der Waals surface area contributed by atoms with Crippen LogP contribution >= 0.6 is 0 Å². The van der Waals surface area contributed by atoms with Gasteiger partial charge >= 0.3 is 0 Å². The maximum absolute atomic E-state index is 13.3. The molecule has 0 aliphatic heterocycles. The number of ether oxygens (including phenoxy) is 1. The lowest BCUT2D eigenvalue weighted by Crippen LogP contribution is -2.08. The zero-order valence-corrected chi connectivity index (χ0v) is 19.4. The number of aliphatic imine (C=N–C) groups is 1. The SMILES string of the molecule is C=C(Nc1cc(C)[nH]n1)c1ccc(OCCCCC)cc1N=C(C)C(O)c1ccc(F)cc1. The molecule has 2 aromatic carbocycles. The molecule has 1 unspecified atom stereocenters. The molecule has 0 radical (unpaired) electrons. The van der Waals surface area contributed by atoms with Crippen LogP contribution in [0.5, 0.6) is 5.75 Å². The fourth-order valence-corrected chi connectivity index (χ4v) is 3.33. The van der Waals surface area contributed by atoms with Crippen molar-refractivity contribution >= 4 is 22.9 Å². The van der Waals surface area contributed by atoms with E-state index in [0.717, 1.165) is 30.5 Å². The van der Waals surface area contributed by atoms with Crippen LogP contribution in [0.1, 0.15) is 56.0 Å². The van der Waals surface area contributed by atoms with E-state index in [4.69, 9.17) is 9.73 Å². The number of hydrogen-bond acceptors (Lipinski definition) is 5. The topological polar surface area (TPSA) is 82.5 Å². The van der Waals surface area contributed by atoms with E-state index >= 15 is 0 Å². The van der Waals surface area contributed by atoms with Crippen molar-refractivity contribution in [1.82, 2.24) is 10.2 Å². The van der Waals surface area contributed by atoms with Crippen LogP contribution < -0.4 is 10.1 Å². The first-order valence-corrected chi connectivity index (χ1v) is 11.1. The maximum atomic E-state index is 13.3. The highest BCUT2D eigenvalue weighted by molar-refractivity contribution is 5.92. The Hall–Kier alpha value is -3.45. The first-order chi connectivity index (χ1) is 15.9. The molecule has 3 aromatic rings. The summed E-state index contributed by atoms with van der Waals surface area (Å²) < 4.78 is 19.2. The second kappa shape index (κ2) is 11.4. The molecular formula is C26H31FN4O2. The number of aliphatic hydroxyl groups excluding tert-OH is 1. The number of aliphatic hydroxyl groups is 1. The number of benzene rings is 2. The lowest BCUT2D eigenvalue weighted by atomic mass is 10.1. The normalized spacial score (nSPS) is 12.5. The van der Waals surface area contributed by atoms with Crippen molar-refractivity contribution in [2.75, 3.05) is 11.9 Å². The van der Waals surface area contributed by atoms with Gasteiger partial charge in [-0.1, -0.05) is 38.5 Å². The highest BCUT2D eigenvalue weighted by atomic mass is 19.1. The Balaban J connectivity index is 1.89. The van der Waals surface area contributed by atoms with Crippen molar-refractivity contribution in [2.24, 2.45) is 4.99 Å². The highest BCUT2D eigenvalue weighted by Gasteiger charge is 2.14. The second-order valence-electron chi connectivity index (χ2n) is 7.98. The third-order valence-electron chi connectivity index (χ3n) is 5.17. The molecule has 0 fully saturated rings. The minimum Gasteiger partial charge on any atom is -0.494 e. The van der Waals surface area contributed by atoms with Gasteiger partial charge in [-0.25, -0.2) is 4.39 Å². The van der Waals surface area contributed by atoms with E-state index in [9.17, 15) is 9.50 Å². The fraction of sp³-hybridized carbons (Fsp3) is 0.308. The van der Waals surface area contributed by atoms with Gasteiger partial charge in [0, 0.05) is 34.8 Å². The molecule has 6 nitrogen and oxygen atoms in total. The van der Waals surface area contributed by atoms with Crippen molar-refractivity contribution in [3.05, 3.63) is 77.7 Å². The van der Waals surface area contributed by atoms with Gasteiger partial charge in [-0.3, -0.25) is 10.1 Å². The van der Waals surface area contributed by atoms with Crippen LogP contribution in [0.2, 0.25) is 0 Å². The molecule has 0 amide bonds. The lowest BCUT2D eigenvalue weighted by Gasteiger charge is -2.15. The summed E-state index contributed by atoms with van der Waals surface area (Å²) in [5, 5.41) is 21.0. The summed E-state index contributed by atoms with van der Waals surface area (Å²) in [6.07, 6.45) is 2.24. The maximum Gasteiger partial charge on any atom is 0.152 e. The standard InChI is InChI=1S/C26H31FN4O2/c1-5-6-7-14-33-22-12-13-23(18(3)29-25-15-17(2)30-31-25)24(16-22)28-19(4)26(32)20-8-10-21(27)11-9-20/h8-13,15-16,26,32H,3,5-7,14H2,1-2,4H3,(H2,29,30,31). The molecule has 0 aliphatic carbocycles. The van der Waals surface area contributed by atoms with Crippen molar-refractivity contribution < 1.29 is 14.2 Å². The van der Waals surface area contributed by atoms with Crippen LogP contribution in [0.25, 0.3) is 5.70 Å². The zero-order chi connectivity index (χ0) is 23.8. The molecule has 1 atom stereocenters. The van der Waals surface area contributed by atoms with Gasteiger partial charge in [0.15, 0.2) is 5.82 Å². The van der Waals surface area contributed by atoms with Crippen LogP contribution in [0, 0.1) is 12.7 Å². The molecule has 0 saturated carbocycles. The Labute approximate surface area is 194 Å². The minimum atomic E-state index is -0.970. The van der Waals surface area contributed by atoms with Crippen LogP contribution in [0.4, 0.5) is 15.9 Å². The second-order valence-corrected chi connectivity index (χ2v) is 7.98. The van der Waals surface area contributed by atoms with E-state index in [1.54, 1.807) is 19.1 Å². The number of aromatic amines is 1. The molecule has 3 rings (SSSR count). The molecular weight excluding hydrogens is 419 g/mol. The van der Waals surface area contributed by atoms with Crippen LogP contribution in [0.15, 0.2) is 60.1 Å². The third-order valence-corrected chi connectivity index (χ3v) is 5.17. The number of aryl methyl sites for hydroxylation is 1. The fourth-order valence-electron chi connectivity index (χ4n) is 3.33. The average molecular weight is 451 g/mol. The third kappa shape index (κ3) is 6.76. The Morgan fingerprint density at radius 2 is 1.97 bits per heavy atom. The predicted octanol–water partition coefficient (Wildman–Crippen LogP) is 6.34. The molecule has 1 aromatic heterocycles. The number of hydrogen-bond donors (Lipinski definition) is 3. The van der Waals surface area contributed by atoms with E-state index in [0.29, 0.717) is 40.8 Å².